The highest BCUT2D eigenvalue weighted by Crippen LogP contribution is 2.32. The first-order valence-electron chi connectivity index (χ1n) is 9.58. The summed E-state index contributed by atoms with van der Waals surface area (Å²) in [6, 6.07) is 11.0. The zero-order valence-corrected chi connectivity index (χ0v) is 16.1. The molecule has 3 aromatic rings. The van der Waals surface area contributed by atoms with E-state index >= 15 is 0 Å². The summed E-state index contributed by atoms with van der Waals surface area (Å²) in [5, 5.41) is 3.99. The summed E-state index contributed by atoms with van der Waals surface area (Å²) in [6.45, 7) is 4.66. The summed E-state index contributed by atoms with van der Waals surface area (Å²) in [5.74, 6) is 0.159. The van der Waals surface area contributed by atoms with Crippen molar-refractivity contribution in [1.82, 2.24) is 19.5 Å². The third-order valence-electron chi connectivity index (χ3n) is 5.41. The highest BCUT2D eigenvalue weighted by Gasteiger charge is 2.36. The predicted octanol–water partition coefficient (Wildman–Crippen LogP) is 4.68. The zero-order chi connectivity index (χ0) is 20.8. The van der Waals surface area contributed by atoms with Gasteiger partial charge in [-0.1, -0.05) is 37.3 Å². The van der Waals surface area contributed by atoms with Gasteiger partial charge in [-0.3, -0.25) is 4.79 Å². The number of nitrogens with zero attached hydrogens (tertiary/aromatic N) is 4. The molecule has 0 radical (unpaired) electrons. The van der Waals surface area contributed by atoms with Gasteiger partial charge in [-0.15, -0.1) is 0 Å². The van der Waals surface area contributed by atoms with Crippen LogP contribution in [0.3, 0.4) is 0 Å². The van der Waals surface area contributed by atoms with Crippen molar-refractivity contribution in [3.8, 4) is 11.3 Å². The molecule has 0 bridgehead atoms. The molecule has 0 spiro atoms. The topological polar surface area (TPSA) is 50.5 Å². The summed E-state index contributed by atoms with van der Waals surface area (Å²) in [6.07, 6.45) is -2.90. The molecule has 1 saturated heterocycles. The molecule has 8 heteroatoms. The minimum Gasteiger partial charge on any atom is -0.335 e. The molecule has 2 aromatic heterocycles. The second-order valence-electron chi connectivity index (χ2n) is 7.67. The van der Waals surface area contributed by atoms with Gasteiger partial charge < -0.3 is 4.90 Å². The molecule has 0 N–H and O–H groups in total. The third kappa shape index (κ3) is 3.71. The van der Waals surface area contributed by atoms with Gasteiger partial charge in [0.05, 0.1) is 5.69 Å². The lowest BCUT2D eigenvalue weighted by Crippen LogP contribution is -2.44. The van der Waals surface area contributed by atoms with E-state index in [1.807, 2.05) is 6.92 Å². The van der Waals surface area contributed by atoms with Crippen LogP contribution in [0, 0.1) is 5.92 Å². The SMILES string of the molecule is C[C@H]1CCN(C(=O)c2cc3nc(-c4ccccc4)cc(C(F)(F)F)n3n2)[C@@H](C)C1. The molecule has 5 nitrogen and oxygen atoms in total. The van der Waals surface area contributed by atoms with E-state index in [1.165, 1.54) is 6.07 Å². The fourth-order valence-corrected chi connectivity index (χ4v) is 3.89. The summed E-state index contributed by atoms with van der Waals surface area (Å²) in [5.41, 5.74) is -0.229. The molecule has 1 aliphatic heterocycles. The maximum absolute atomic E-state index is 13.7. The fourth-order valence-electron chi connectivity index (χ4n) is 3.89. The maximum atomic E-state index is 13.7. The second kappa shape index (κ2) is 7.17. The largest absolute Gasteiger partial charge is 0.433 e. The number of aromatic nitrogens is 3. The maximum Gasteiger partial charge on any atom is 0.433 e. The Hall–Kier alpha value is -2.90. The van der Waals surface area contributed by atoms with Gasteiger partial charge in [-0.2, -0.15) is 18.3 Å². The van der Waals surface area contributed by atoms with E-state index in [0.717, 1.165) is 23.4 Å². The van der Waals surface area contributed by atoms with E-state index in [4.69, 9.17) is 0 Å². The Labute approximate surface area is 166 Å². The molecule has 4 rings (SSSR count). The van der Waals surface area contributed by atoms with Crippen molar-refractivity contribution in [1.29, 1.82) is 0 Å². The molecule has 1 aliphatic rings. The van der Waals surface area contributed by atoms with Crippen molar-refractivity contribution in [2.24, 2.45) is 5.92 Å². The minimum atomic E-state index is -4.63. The number of amides is 1. The Bertz CT molecular complexity index is 1050. The van der Waals surface area contributed by atoms with Crippen LogP contribution in [0.2, 0.25) is 0 Å². The van der Waals surface area contributed by atoms with Crippen molar-refractivity contribution in [2.45, 2.75) is 38.9 Å². The van der Waals surface area contributed by atoms with E-state index in [-0.39, 0.29) is 29.0 Å². The highest BCUT2D eigenvalue weighted by molar-refractivity contribution is 5.93. The van der Waals surface area contributed by atoms with Gasteiger partial charge >= 0.3 is 6.18 Å². The number of hydrogen-bond donors (Lipinski definition) is 0. The molecule has 0 aliphatic carbocycles. The number of alkyl halides is 3. The van der Waals surface area contributed by atoms with Crippen molar-refractivity contribution >= 4 is 11.6 Å². The molecule has 0 saturated carbocycles. The predicted molar refractivity (Wildman–Crippen MR) is 102 cm³/mol. The Morgan fingerprint density at radius 2 is 1.86 bits per heavy atom. The summed E-state index contributed by atoms with van der Waals surface area (Å²) in [4.78, 5) is 19.0. The smallest absolute Gasteiger partial charge is 0.335 e. The molecule has 152 valence electrons. The third-order valence-corrected chi connectivity index (χ3v) is 5.41. The molecule has 1 aromatic carbocycles. The van der Waals surface area contributed by atoms with E-state index < -0.39 is 11.9 Å². The van der Waals surface area contributed by atoms with E-state index in [0.29, 0.717) is 18.0 Å². The Balaban J connectivity index is 1.79. The summed E-state index contributed by atoms with van der Waals surface area (Å²) < 4.78 is 41.8. The van der Waals surface area contributed by atoms with Gasteiger partial charge in [0.15, 0.2) is 17.0 Å². The molecular weight excluding hydrogens is 381 g/mol. The van der Waals surface area contributed by atoms with Crippen LogP contribution in [0.15, 0.2) is 42.5 Å². The van der Waals surface area contributed by atoms with Crippen LogP contribution in [0.4, 0.5) is 13.2 Å². The lowest BCUT2D eigenvalue weighted by molar-refractivity contribution is -0.142. The first-order chi connectivity index (χ1) is 13.7. The number of piperidine rings is 1. The molecule has 29 heavy (non-hydrogen) atoms. The number of carbonyl (C=O) groups excluding carboxylic acids is 1. The van der Waals surface area contributed by atoms with Crippen LogP contribution in [0.1, 0.15) is 42.9 Å². The molecular formula is C21H21F3N4O. The lowest BCUT2D eigenvalue weighted by atomic mass is 9.93. The Morgan fingerprint density at radius 1 is 1.14 bits per heavy atom. The van der Waals surface area contributed by atoms with Gasteiger partial charge in [0.1, 0.15) is 0 Å². The van der Waals surface area contributed by atoms with Crippen LogP contribution in [0.5, 0.6) is 0 Å². The van der Waals surface area contributed by atoms with Crippen LogP contribution < -0.4 is 0 Å². The van der Waals surface area contributed by atoms with Crippen LogP contribution >= 0.6 is 0 Å². The standard InChI is InChI=1S/C21H21F3N4O/c1-13-8-9-27(14(2)10-13)20(29)17-12-19-25-16(15-6-4-3-5-7-15)11-18(21(22,23)24)28(19)26-17/h3-7,11-14H,8-10H2,1-2H3/t13-,14-/m0/s1. The fraction of sp³-hybridized carbons (Fsp3) is 0.381. The number of benzene rings is 1. The number of carbonyl (C=O) groups is 1. The van der Waals surface area contributed by atoms with E-state index in [1.54, 1.807) is 35.2 Å². The molecule has 1 fully saturated rings. The Morgan fingerprint density at radius 3 is 2.52 bits per heavy atom. The van der Waals surface area contributed by atoms with Gasteiger partial charge in [0.2, 0.25) is 0 Å². The molecule has 1 amide bonds. The molecule has 0 unspecified atom stereocenters. The number of hydrogen-bond acceptors (Lipinski definition) is 3. The van der Waals surface area contributed by atoms with Gasteiger partial charge in [-0.25, -0.2) is 9.50 Å². The summed E-state index contributed by atoms with van der Waals surface area (Å²) in [7, 11) is 0. The first kappa shape index (κ1) is 19.4. The van der Waals surface area contributed by atoms with Gasteiger partial charge in [-0.05, 0) is 31.7 Å². The van der Waals surface area contributed by atoms with Crippen molar-refractivity contribution < 1.29 is 18.0 Å². The second-order valence-corrected chi connectivity index (χ2v) is 7.67. The number of fused-ring (bicyclic) bond motifs is 1. The normalized spacial score (nSPS) is 20.2. The molecule has 2 atom stereocenters. The number of likely N-dealkylation sites (tertiary alicyclic amines) is 1. The average Bonchev–Trinajstić information content (AvgIpc) is 3.10. The van der Waals surface area contributed by atoms with Crippen LogP contribution in [-0.2, 0) is 6.18 Å². The van der Waals surface area contributed by atoms with Gasteiger partial charge in [0.25, 0.3) is 5.91 Å². The van der Waals surface area contributed by atoms with Crippen molar-refractivity contribution in [2.75, 3.05) is 6.54 Å². The van der Waals surface area contributed by atoms with E-state index in [9.17, 15) is 18.0 Å². The monoisotopic (exact) mass is 402 g/mol. The first-order valence-corrected chi connectivity index (χ1v) is 9.58. The van der Waals surface area contributed by atoms with Crippen LogP contribution in [-0.4, -0.2) is 38.0 Å². The zero-order valence-electron chi connectivity index (χ0n) is 16.1. The average molecular weight is 402 g/mol. The Kier molecular flexibility index (Phi) is 4.80. The highest BCUT2D eigenvalue weighted by atomic mass is 19.4. The quantitative estimate of drug-likeness (QED) is 0.626. The van der Waals surface area contributed by atoms with Crippen molar-refractivity contribution in [3.63, 3.8) is 0 Å². The molecule has 3 heterocycles. The minimum absolute atomic E-state index is 0.0000543. The lowest BCUT2D eigenvalue weighted by Gasteiger charge is -2.36. The van der Waals surface area contributed by atoms with Gasteiger partial charge in [0, 0.05) is 24.2 Å². The number of halogens is 3. The van der Waals surface area contributed by atoms with Crippen molar-refractivity contribution in [3.05, 3.63) is 53.9 Å². The van der Waals surface area contributed by atoms with E-state index in [2.05, 4.69) is 17.0 Å². The van der Waals surface area contributed by atoms with Crippen LogP contribution in [0.25, 0.3) is 16.9 Å². The summed E-state index contributed by atoms with van der Waals surface area (Å²) >= 11 is 0. The number of rotatable bonds is 2.